The van der Waals surface area contributed by atoms with Crippen LogP contribution in [0.25, 0.3) is 0 Å². The predicted octanol–water partition coefficient (Wildman–Crippen LogP) is 2.65. The highest BCUT2D eigenvalue weighted by molar-refractivity contribution is 9.10. The summed E-state index contributed by atoms with van der Waals surface area (Å²) in [7, 11) is 0. The Morgan fingerprint density at radius 1 is 1.53 bits per heavy atom. The van der Waals surface area contributed by atoms with Crippen molar-refractivity contribution in [2.45, 2.75) is 32.8 Å². The maximum absolute atomic E-state index is 11.9. The number of hydrogen-bond donors (Lipinski definition) is 2. The number of hydrogen-bond acceptors (Lipinski definition) is 2. The molecule has 0 heterocycles. The van der Waals surface area contributed by atoms with Gasteiger partial charge in [-0.2, -0.15) is 0 Å². The summed E-state index contributed by atoms with van der Waals surface area (Å²) >= 11 is 3.35. The number of benzene rings is 1. The molecule has 3 nitrogen and oxygen atoms in total. The first-order valence-electron chi connectivity index (χ1n) is 5.77. The zero-order valence-corrected chi connectivity index (χ0v) is 11.8. The van der Waals surface area contributed by atoms with Crippen molar-refractivity contribution in [2.24, 2.45) is 0 Å². The molecule has 94 valence electrons. The lowest BCUT2D eigenvalue weighted by Crippen LogP contribution is -2.27. The Labute approximate surface area is 110 Å². The van der Waals surface area contributed by atoms with Crippen LogP contribution in [-0.4, -0.2) is 23.7 Å². The third kappa shape index (κ3) is 4.48. The molecule has 0 spiro atoms. The van der Waals surface area contributed by atoms with Gasteiger partial charge in [-0.25, -0.2) is 0 Å². The fourth-order valence-corrected chi connectivity index (χ4v) is 1.85. The molecule has 1 rings (SSSR count). The summed E-state index contributed by atoms with van der Waals surface area (Å²) < 4.78 is 0.891. The summed E-state index contributed by atoms with van der Waals surface area (Å²) in [5.74, 6) is -0.0906. The molecular weight excluding hydrogens is 282 g/mol. The van der Waals surface area contributed by atoms with E-state index in [2.05, 4.69) is 21.2 Å². The molecule has 0 aliphatic rings. The van der Waals surface area contributed by atoms with Crippen LogP contribution < -0.4 is 5.32 Å². The number of amides is 1. The van der Waals surface area contributed by atoms with E-state index >= 15 is 0 Å². The van der Waals surface area contributed by atoms with E-state index in [0.717, 1.165) is 10.0 Å². The minimum Gasteiger partial charge on any atom is -0.393 e. The van der Waals surface area contributed by atoms with Crippen LogP contribution in [0.5, 0.6) is 0 Å². The number of nitrogens with one attached hydrogen (secondary N) is 1. The number of rotatable bonds is 5. The average Bonchev–Trinajstić information content (AvgIpc) is 2.31. The molecule has 0 bridgehead atoms. The highest BCUT2D eigenvalue weighted by Crippen LogP contribution is 2.15. The highest BCUT2D eigenvalue weighted by Gasteiger charge is 2.09. The van der Waals surface area contributed by atoms with Crippen LogP contribution in [0.1, 0.15) is 35.7 Å². The Morgan fingerprint density at radius 2 is 2.24 bits per heavy atom. The van der Waals surface area contributed by atoms with Gasteiger partial charge in [-0.3, -0.25) is 4.79 Å². The monoisotopic (exact) mass is 299 g/mol. The Kier molecular flexibility index (Phi) is 5.65. The summed E-state index contributed by atoms with van der Waals surface area (Å²) in [5, 5.41) is 12.2. The van der Waals surface area contributed by atoms with Crippen molar-refractivity contribution in [3.63, 3.8) is 0 Å². The highest BCUT2D eigenvalue weighted by atomic mass is 79.9. The maximum Gasteiger partial charge on any atom is 0.251 e. The first-order valence-corrected chi connectivity index (χ1v) is 6.56. The Hall–Kier alpha value is -0.870. The van der Waals surface area contributed by atoms with Crippen LogP contribution in [0.15, 0.2) is 22.7 Å². The molecule has 1 amide bonds. The zero-order chi connectivity index (χ0) is 12.8. The molecule has 4 heteroatoms. The quantitative estimate of drug-likeness (QED) is 0.878. The number of halogens is 1. The van der Waals surface area contributed by atoms with Gasteiger partial charge < -0.3 is 10.4 Å². The van der Waals surface area contributed by atoms with Gasteiger partial charge in [-0.1, -0.05) is 28.9 Å². The van der Waals surface area contributed by atoms with E-state index in [0.29, 0.717) is 24.9 Å². The Bertz CT molecular complexity index is 393. The van der Waals surface area contributed by atoms with Gasteiger partial charge in [0.05, 0.1) is 6.10 Å². The molecule has 0 radical (unpaired) electrons. The molecule has 0 saturated heterocycles. The van der Waals surface area contributed by atoms with Crippen molar-refractivity contribution in [3.8, 4) is 0 Å². The predicted molar refractivity (Wildman–Crippen MR) is 72.1 cm³/mol. The lowest BCUT2D eigenvalue weighted by molar-refractivity contribution is 0.0941. The van der Waals surface area contributed by atoms with Gasteiger partial charge in [0.2, 0.25) is 0 Å². The second-order valence-corrected chi connectivity index (χ2v) is 4.98. The van der Waals surface area contributed by atoms with Gasteiger partial charge in [-0.15, -0.1) is 0 Å². The van der Waals surface area contributed by atoms with Crippen molar-refractivity contribution >= 4 is 21.8 Å². The minimum absolute atomic E-state index is 0.0906. The molecule has 1 aromatic carbocycles. The molecule has 0 aliphatic carbocycles. The van der Waals surface area contributed by atoms with E-state index < -0.39 is 0 Å². The van der Waals surface area contributed by atoms with Gasteiger partial charge in [0.25, 0.3) is 5.91 Å². The van der Waals surface area contributed by atoms with Gasteiger partial charge in [0.1, 0.15) is 0 Å². The van der Waals surface area contributed by atoms with Crippen molar-refractivity contribution in [3.05, 3.63) is 33.8 Å². The van der Waals surface area contributed by atoms with Gasteiger partial charge in [0.15, 0.2) is 0 Å². The van der Waals surface area contributed by atoms with Crippen molar-refractivity contribution in [1.29, 1.82) is 0 Å². The molecule has 1 atom stereocenters. The van der Waals surface area contributed by atoms with E-state index in [9.17, 15) is 9.90 Å². The summed E-state index contributed by atoms with van der Waals surface area (Å²) in [6.45, 7) is 4.33. The zero-order valence-electron chi connectivity index (χ0n) is 10.2. The third-order valence-corrected chi connectivity index (χ3v) is 3.17. The molecule has 17 heavy (non-hydrogen) atoms. The summed E-state index contributed by atoms with van der Waals surface area (Å²) in [5.41, 5.74) is 1.62. The number of aryl methyl sites for hydroxylation is 1. The number of carbonyl (C=O) groups is 1. The fourth-order valence-electron chi connectivity index (χ4n) is 1.49. The lowest BCUT2D eigenvalue weighted by Gasteiger charge is -2.10. The van der Waals surface area contributed by atoms with E-state index in [-0.39, 0.29) is 12.0 Å². The molecule has 1 unspecified atom stereocenters. The Balaban J connectivity index is 2.55. The second kappa shape index (κ2) is 6.77. The van der Waals surface area contributed by atoms with Gasteiger partial charge in [-0.05, 0) is 37.5 Å². The summed E-state index contributed by atoms with van der Waals surface area (Å²) in [4.78, 5) is 11.9. The van der Waals surface area contributed by atoms with Crippen LogP contribution in [0.2, 0.25) is 0 Å². The molecule has 2 N–H and O–H groups in total. The van der Waals surface area contributed by atoms with Crippen LogP contribution in [0.4, 0.5) is 0 Å². The molecule has 0 saturated carbocycles. The van der Waals surface area contributed by atoms with Crippen LogP contribution in [0, 0.1) is 6.92 Å². The third-order valence-electron chi connectivity index (χ3n) is 2.68. The minimum atomic E-state index is -0.334. The number of aliphatic hydroxyl groups is 1. The lowest BCUT2D eigenvalue weighted by atomic mass is 10.1. The van der Waals surface area contributed by atoms with E-state index in [1.165, 1.54) is 0 Å². The van der Waals surface area contributed by atoms with E-state index in [1.54, 1.807) is 6.07 Å². The van der Waals surface area contributed by atoms with E-state index in [4.69, 9.17) is 0 Å². The summed E-state index contributed by atoms with van der Waals surface area (Å²) in [6.07, 6.45) is 0.972. The molecule has 0 aliphatic heterocycles. The molecular formula is C13H18BrNO2. The van der Waals surface area contributed by atoms with Crippen LogP contribution in [0.3, 0.4) is 0 Å². The van der Waals surface area contributed by atoms with Crippen molar-refractivity contribution in [2.75, 3.05) is 6.54 Å². The fraction of sp³-hybridized carbons (Fsp3) is 0.462. The topological polar surface area (TPSA) is 49.3 Å². The SMILES string of the molecule is CCC(O)CCNC(=O)c1cc(Br)ccc1C. The normalized spacial score (nSPS) is 12.2. The Morgan fingerprint density at radius 3 is 2.88 bits per heavy atom. The summed E-state index contributed by atoms with van der Waals surface area (Å²) in [6, 6.07) is 5.62. The van der Waals surface area contributed by atoms with Crippen LogP contribution in [-0.2, 0) is 0 Å². The smallest absolute Gasteiger partial charge is 0.251 e. The number of carbonyl (C=O) groups excluding carboxylic acids is 1. The van der Waals surface area contributed by atoms with Gasteiger partial charge >= 0.3 is 0 Å². The standard InChI is InChI=1S/C13H18BrNO2/c1-3-11(16)6-7-15-13(17)12-8-10(14)5-4-9(12)2/h4-5,8,11,16H,3,6-7H2,1-2H3,(H,15,17). The molecule has 0 fully saturated rings. The van der Waals surface area contributed by atoms with Crippen molar-refractivity contribution < 1.29 is 9.90 Å². The average molecular weight is 300 g/mol. The first kappa shape index (κ1) is 14.2. The van der Waals surface area contributed by atoms with Crippen molar-refractivity contribution in [1.82, 2.24) is 5.32 Å². The van der Waals surface area contributed by atoms with E-state index in [1.807, 2.05) is 26.0 Å². The number of aliphatic hydroxyl groups excluding tert-OH is 1. The van der Waals surface area contributed by atoms with Gasteiger partial charge in [0, 0.05) is 16.6 Å². The van der Waals surface area contributed by atoms with Crippen LogP contribution >= 0.6 is 15.9 Å². The first-order chi connectivity index (χ1) is 8.04. The molecule has 1 aromatic rings. The molecule has 0 aromatic heterocycles. The largest absolute Gasteiger partial charge is 0.393 e. The second-order valence-electron chi connectivity index (χ2n) is 4.07. The maximum atomic E-state index is 11.9.